The van der Waals surface area contributed by atoms with Crippen LogP contribution in [0, 0.1) is 11.3 Å². The number of amides is 1. The summed E-state index contributed by atoms with van der Waals surface area (Å²) in [7, 11) is 1.72. The zero-order valence-corrected chi connectivity index (χ0v) is 13.3. The highest BCUT2D eigenvalue weighted by Crippen LogP contribution is 2.42. The first-order valence-electron chi connectivity index (χ1n) is 7.51. The van der Waals surface area contributed by atoms with Crippen molar-refractivity contribution in [2.75, 3.05) is 7.11 Å². The molecule has 1 aromatic carbocycles. The molecule has 4 nitrogen and oxygen atoms in total. The predicted molar refractivity (Wildman–Crippen MR) is 83.7 cm³/mol. The van der Waals surface area contributed by atoms with Crippen molar-refractivity contribution < 1.29 is 9.53 Å². The molecular formula is C17H26N2O2. The van der Waals surface area contributed by atoms with E-state index in [4.69, 9.17) is 10.5 Å². The number of benzene rings is 1. The van der Waals surface area contributed by atoms with Crippen molar-refractivity contribution in [1.82, 2.24) is 5.32 Å². The summed E-state index contributed by atoms with van der Waals surface area (Å²) in [4.78, 5) is 12.4. The van der Waals surface area contributed by atoms with Crippen molar-refractivity contribution in [2.45, 2.75) is 45.4 Å². The van der Waals surface area contributed by atoms with Gasteiger partial charge < -0.3 is 15.8 Å². The van der Waals surface area contributed by atoms with E-state index < -0.39 is 0 Å². The molecule has 0 aliphatic heterocycles. The van der Waals surface area contributed by atoms with E-state index in [9.17, 15) is 4.79 Å². The minimum absolute atomic E-state index is 0.0129. The van der Waals surface area contributed by atoms with Crippen LogP contribution in [0.1, 0.15) is 38.8 Å². The standard InChI is InChI=1S/C17H26N2O2/c1-11(15(18)12-8-6-5-7-9-12)16(20)19-13-10-14(21-4)17(13,2)3/h5-9,11,13-15H,10,18H2,1-4H3,(H,19,20). The van der Waals surface area contributed by atoms with Crippen LogP contribution in [-0.4, -0.2) is 25.2 Å². The lowest BCUT2D eigenvalue weighted by Crippen LogP contribution is -2.62. The molecule has 1 amide bonds. The van der Waals surface area contributed by atoms with Gasteiger partial charge >= 0.3 is 0 Å². The molecule has 4 heteroatoms. The quantitative estimate of drug-likeness (QED) is 0.874. The van der Waals surface area contributed by atoms with Crippen LogP contribution in [0.4, 0.5) is 0 Å². The van der Waals surface area contributed by atoms with E-state index in [0.717, 1.165) is 12.0 Å². The summed E-state index contributed by atoms with van der Waals surface area (Å²) in [6.45, 7) is 6.13. The molecule has 0 heterocycles. The summed E-state index contributed by atoms with van der Waals surface area (Å²) in [6.07, 6.45) is 1.07. The smallest absolute Gasteiger partial charge is 0.224 e. The van der Waals surface area contributed by atoms with Crippen molar-refractivity contribution in [3.8, 4) is 0 Å². The first-order chi connectivity index (χ1) is 9.87. The Morgan fingerprint density at radius 3 is 2.52 bits per heavy atom. The number of hydrogen-bond acceptors (Lipinski definition) is 3. The Balaban J connectivity index is 1.95. The largest absolute Gasteiger partial charge is 0.381 e. The van der Waals surface area contributed by atoms with E-state index >= 15 is 0 Å². The number of ether oxygens (including phenoxy) is 1. The Bertz CT molecular complexity index is 487. The molecule has 0 aromatic heterocycles. The van der Waals surface area contributed by atoms with Gasteiger partial charge in [0.05, 0.1) is 12.0 Å². The molecule has 0 radical (unpaired) electrons. The highest BCUT2D eigenvalue weighted by atomic mass is 16.5. The molecule has 0 bridgehead atoms. The van der Waals surface area contributed by atoms with Crippen LogP contribution >= 0.6 is 0 Å². The Labute approximate surface area is 127 Å². The molecule has 1 fully saturated rings. The van der Waals surface area contributed by atoms with Gasteiger partial charge in [0.2, 0.25) is 5.91 Å². The van der Waals surface area contributed by atoms with Crippen LogP contribution < -0.4 is 11.1 Å². The third kappa shape index (κ3) is 3.11. The van der Waals surface area contributed by atoms with E-state index in [0.29, 0.717) is 0 Å². The topological polar surface area (TPSA) is 64.3 Å². The van der Waals surface area contributed by atoms with E-state index in [1.54, 1.807) is 7.11 Å². The minimum Gasteiger partial charge on any atom is -0.381 e. The number of carbonyl (C=O) groups excluding carboxylic acids is 1. The second-order valence-electron chi connectivity index (χ2n) is 6.57. The second-order valence-corrected chi connectivity index (χ2v) is 6.57. The number of nitrogens with one attached hydrogen (secondary N) is 1. The van der Waals surface area contributed by atoms with E-state index in [1.807, 2.05) is 37.3 Å². The van der Waals surface area contributed by atoms with E-state index in [2.05, 4.69) is 19.2 Å². The Kier molecular flexibility index (Phi) is 4.69. The zero-order valence-electron chi connectivity index (χ0n) is 13.3. The summed E-state index contributed by atoms with van der Waals surface area (Å²) in [5.74, 6) is -0.247. The van der Waals surface area contributed by atoms with E-state index in [-0.39, 0.29) is 35.4 Å². The lowest BCUT2D eigenvalue weighted by Gasteiger charge is -2.51. The van der Waals surface area contributed by atoms with Gasteiger partial charge in [0.15, 0.2) is 0 Å². The SMILES string of the molecule is COC1CC(NC(=O)C(C)C(N)c2ccccc2)C1(C)C. The van der Waals surface area contributed by atoms with Crippen molar-refractivity contribution >= 4 is 5.91 Å². The fraction of sp³-hybridized carbons (Fsp3) is 0.588. The normalized spacial score (nSPS) is 26.5. The van der Waals surface area contributed by atoms with Crippen LogP contribution in [0.3, 0.4) is 0 Å². The van der Waals surface area contributed by atoms with E-state index in [1.165, 1.54) is 0 Å². The molecule has 2 rings (SSSR count). The lowest BCUT2D eigenvalue weighted by atomic mass is 9.64. The second kappa shape index (κ2) is 6.16. The number of hydrogen-bond donors (Lipinski definition) is 2. The van der Waals surface area contributed by atoms with Gasteiger partial charge in [-0.2, -0.15) is 0 Å². The first kappa shape index (κ1) is 16.0. The highest BCUT2D eigenvalue weighted by molar-refractivity contribution is 5.79. The molecule has 116 valence electrons. The molecule has 4 unspecified atom stereocenters. The number of methoxy groups -OCH3 is 1. The molecule has 1 aliphatic carbocycles. The van der Waals surface area contributed by atoms with Gasteiger partial charge in [-0.15, -0.1) is 0 Å². The molecule has 1 aliphatic rings. The predicted octanol–water partition coefficient (Wildman–Crippen LogP) is 2.25. The summed E-state index contributed by atoms with van der Waals surface area (Å²) < 4.78 is 5.41. The average Bonchev–Trinajstić information content (AvgIpc) is 2.50. The summed E-state index contributed by atoms with van der Waals surface area (Å²) in [5.41, 5.74) is 7.17. The van der Waals surface area contributed by atoms with Gasteiger partial charge in [0.1, 0.15) is 0 Å². The Hall–Kier alpha value is -1.39. The van der Waals surface area contributed by atoms with Gasteiger partial charge in [0.25, 0.3) is 0 Å². The van der Waals surface area contributed by atoms with Crippen LogP contribution in [0.2, 0.25) is 0 Å². The monoisotopic (exact) mass is 290 g/mol. The fourth-order valence-electron chi connectivity index (χ4n) is 2.96. The Morgan fingerprint density at radius 2 is 2.00 bits per heavy atom. The van der Waals surface area contributed by atoms with Gasteiger partial charge in [-0.3, -0.25) is 4.79 Å². The third-order valence-electron chi connectivity index (χ3n) is 4.92. The molecule has 21 heavy (non-hydrogen) atoms. The maximum absolute atomic E-state index is 12.4. The molecule has 3 N–H and O–H groups in total. The molecule has 1 saturated carbocycles. The van der Waals surface area contributed by atoms with Crippen LogP contribution in [0.15, 0.2) is 30.3 Å². The molecule has 4 atom stereocenters. The van der Waals surface area contributed by atoms with Crippen LogP contribution in [-0.2, 0) is 9.53 Å². The summed E-state index contributed by atoms with van der Waals surface area (Å²) >= 11 is 0. The Morgan fingerprint density at radius 1 is 1.38 bits per heavy atom. The fourth-order valence-corrected chi connectivity index (χ4v) is 2.96. The molecule has 0 spiro atoms. The molecule has 0 saturated heterocycles. The summed E-state index contributed by atoms with van der Waals surface area (Å²) in [6, 6.07) is 9.62. The van der Waals surface area contributed by atoms with Crippen molar-refractivity contribution in [2.24, 2.45) is 17.1 Å². The minimum atomic E-state index is -0.285. The maximum Gasteiger partial charge on any atom is 0.224 e. The molecular weight excluding hydrogens is 264 g/mol. The first-order valence-corrected chi connectivity index (χ1v) is 7.51. The zero-order chi connectivity index (χ0) is 15.6. The van der Waals surface area contributed by atoms with Crippen molar-refractivity contribution in [3.63, 3.8) is 0 Å². The van der Waals surface area contributed by atoms with Gasteiger partial charge in [-0.25, -0.2) is 0 Å². The summed E-state index contributed by atoms with van der Waals surface area (Å²) in [5, 5.41) is 3.12. The third-order valence-corrected chi connectivity index (χ3v) is 4.92. The van der Waals surface area contributed by atoms with Crippen molar-refractivity contribution in [3.05, 3.63) is 35.9 Å². The average molecular weight is 290 g/mol. The van der Waals surface area contributed by atoms with Crippen LogP contribution in [0.5, 0.6) is 0 Å². The van der Waals surface area contributed by atoms with Crippen molar-refractivity contribution in [1.29, 1.82) is 0 Å². The lowest BCUT2D eigenvalue weighted by molar-refractivity contribution is -0.136. The maximum atomic E-state index is 12.4. The van der Waals surface area contributed by atoms with Gasteiger partial charge in [-0.05, 0) is 12.0 Å². The molecule has 1 aromatic rings. The van der Waals surface area contributed by atoms with Gasteiger partial charge in [0, 0.05) is 24.6 Å². The number of carbonyl (C=O) groups is 1. The van der Waals surface area contributed by atoms with Gasteiger partial charge in [-0.1, -0.05) is 51.1 Å². The number of nitrogens with two attached hydrogens (primary N) is 1. The number of rotatable bonds is 5. The highest BCUT2D eigenvalue weighted by Gasteiger charge is 2.49. The van der Waals surface area contributed by atoms with Crippen LogP contribution in [0.25, 0.3) is 0 Å².